The summed E-state index contributed by atoms with van der Waals surface area (Å²) in [6.07, 6.45) is 0. The van der Waals surface area contributed by atoms with Gasteiger partial charge < -0.3 is 15.2 Å². The van der Waals surface area contributed by atoms with Gasteiger partial charge in [-0.2, -0.15) is 5.10 Å². The second-order valence-corrected chi connectivity index (χ2v) is 7.83. The molecule has 162 valence electrons. The van der Waals surface area contributed by atoms with Crippen molar-refractivity contribution in [2.75, 3.05) is 5.32 Å². The summed E-state index contributed by atoms with van der Waals surface area (Å²) in [4.78, 5) is 25.1. The summed E-state index contributed by atoms with van der Waals surface area (Å²) in [5.41, 5.74) is 2.94. The molecule has 0 radical (unpaired) electrons. The molecule has 0 saturated heterocycles. The summed E-state index contributed by atoms with van der Waals surface area (Å²) in [6.45, 7) is 6.39. The largest absolute Gasteiger partial charge is 0.345 e. The van der Waals surface area contributed by atoms with Crippen LogP contribution in [-0.4, -0.2) is 26.2 Å². The van der Waals surface area contributed by atoms with Crippen LogP contribution >= 0.6 is 23.8 Å². The topological polar surface area (TPSA) is 81.0 Å². The molecule has 2 aromatic carbocycles. The van der Waals surface area contributed by atoms with Crippen molar-refractivity contribution in [1.29, 1.82) is 0 Å². The molecule has 0 bridgehead atoms. The molecule has 1 aromatic heterocycles. The van der Waals surface area contributed by atoms with Crippen LogP contribution in [0.2, 0.25) is 5.02 Å². The van der Waals surface area contributed by atoms with E-state index in [0.29, 0.717) is 33.4 Å². The minimum absolute atomic E-state index is 0.0451. The summed E-state index contributed by atoms with van der Waals surface area (Å²) >= 11 is 11.6. The van der Waals surface area contributed by atoms with E-state index in [2.05, 4.69) is 15.7 Å². The molecule has 3 rings (SSSR count). The lowest BCUT2D eigenvalue weighted by atomic mass is 10.1. The highest BCUT2D eigenvalue weighted by atomic mass is 35.5. The van der Waals surface area contributed by atoms with Gasteiger partial charge >= 0.3 is 0 Å². The Bertz CT molecular complexity index is 1180. The molecule has 0 unspecified atom stereocenters. The Morgan fingerprint density at radius 3 is 2.58 bits per heavy atom. The van der Waals surface area contributed by atoms with Crippen LogP contribution in [-0.2, 0) is 24.4 Å². The van der Waals surface area contributed by atoms with Crippen molar-refractivity contribution < 1.29 is 9.59 Å². The second-order valence-electron chi connectivity index (χ2n) is 7.06. The third kappa shape index (κ3) is 5.21. The van der Waals surface area contributed by atoms with Crippen LogP contribution in [0, 0.1) is 18.6 Å². The van der Waals surface area contributed by atoms with E-state index < -0.39 is 0 Å². The third-order valence-electron chi connectivity index (χ3n) is 4.95. The predicted molar refractivity (Wildman–Crippen MR) is 124 cm³/mol. The fraction of sp³-hybridized carbons (Fsp3) is 0.273. The van der Waals surface area contributed by atoms with Crippen LogP contribution in [0.1, 0.15) is 34.2 Å². The van der Waals surface area contributed by atoms with E-state index in [1.807, 2.05) is 39.0 Å². The minimum atomic E-state index is -0.266. The van der Waals surface area contributed by atoms with Crippen molar-refractivity contribution in [3.05, 3.63) is 74.8 Å². The Hall–Kier alpha value is -2.97. The fourth-order valence-corrected chi connectivity index (χ4v) is 3.70. The molecule has 31 heavy (non-hydrogen) atoms. The first kappa shape index (κ1) is 22.7. The van der Waals surface area contributed by atoms with Crippen molar-refractivity contribution in [3.63, 3.8) is 0 Å². The Morgan fingerprint density at radius 1 is 1.13 bits per heavy atom. The summed E-state index contributed by atoms with van der Waals surface area (Å²) in [7, 11) is 0. The van der Waals surface area contributed by atoms with Crippen molar-refractivity contribution in [1.82, 2.24) is 19.7 Å². The summed E-state index contributed by atoms with van der Waals surface area (Å²) in [5, 5.41) is 10.8. The second kappa shape index (κ2) is 9.89. The molecule has 0 aliphatic rings. The first-order valence-corrected chi connectivity index (χ1v) is 10.7. The molecule has 0 spiro atoms. The monoisotopic (exact) mass is 457 g/mol. The predicted octanol–water partition coefficient (Wildman–Crippen LogP) is 4.27. The van der Waals surface area contributed by atoms with Gasteiger partial charge in [0.05, 0.1) is 6.54 Å². The molecule has 7 nitrogen and oxygen atoms in total. The van der Waals surface area contributed by atoms with Crippen LogP contribution < -0.4 is 10.6 Å². The maximum Gasteiger partial charge on any atom is 0.251 e. The number of carbonyl (C=O) groups is 2. The lowest BCUT2D eigenvalue weighted by Gasteiger charge is -2.09. The summed E-state index contributed by atoms with van der Waals surface area (Å²) in [5.74, 6) is 0.134. The van der Waals surface area contributed by atoms with Crippen molar-refractivity contribution >= 4 is 41.3 Å². The van der Waals surface area contributed by atoms with Gasteiger partial charge in [0.2, 0.25) is 5.91 Å². The molecule has 0 fully saturated rings. The number of halogens is 1. The maximum absolute atomic E-state index is 12.6. The first-order valence-electron chi connectivity index (χ1n) is 9.87. The third-order valence-corrected chi connectivity index (χ3v) is 5.79. The number of nitrogens with zero attached hydrogens (tertiary/aromatic N) is 3. The average Bonchev–Trinajstić information content (AvgIpc) is 3.04. The molecule has 0 aliphatic heterocycles. The normalized spacial score (nSPS) is 10.7. The number of amides is 2. The number of aromatic nitrogens is 3. The van der Waals surface area contributed by atoms with Gasteiger partial charge in [0.25, 0.3) is 5.91 Å². The van der Waals surface area contributed by atoms with Gasteiger partial charge in [0.1, 0.15) is 6.54 Å². The lowest BCUT2D eigenvalue weighted by Crippen LogP contribution is -2.25. The fourth-order valence-electron chi connectivity index (χ4n) is 3.19. The van der Waals surface area contributed by atoms with Gasteiger partial charge in [-0.1, -0.05) is 35.9 Å². The lowest BCUT2D eigenvalue weighted by molar-refractivity contribution is -0.116. The van der Waals surface area contributed by atoms with Gasteiger partial charge in [-0.3, -0.25) is 9.59 Å². The standard InChI is InChI=1S/C22H24ClN5O2S/c1-4-27-19(12-24-21(30)16-9-6-5-8-14(16)2)26-28(22(27)31)13-20(29)25-18-11-7-10-17(23)15(18)3/h5-11H,4,12-13H2,1-3H3,(H,24,30)(H,25,29). The summed E-state index contributed by atoms with van der Waals surface area (Å²) < 4.78 is 3.68. The van der Waals surface area contributed by atoms with E-state index in [4.69, 9.17) is 23.8 Å². The zero-order valence-electron chi connectivity index (χ0n) is 17.6. The number of hydrogen-bond donors (Lipinski definition) is 2. The summed E-state index contributed by atoms with van der Waals surface area (Å²) in [6, 6.07) is 12.7. The van der Waals surface area contributed by atoms with Crippen LogP contribution in [0.3, 0.4) is 0 Å². The van der Waals surface area contributed by atoms with Crippen LogP contribution in [0.4, 0.5) is 5.69 Å². The minimum Gasteiger partial charge on any atom is -0.345 e. The van der Waals surface area contributed by atoms with Gasteiger partial charge in [0.15, 0.2) is 10.6 Å². The van der Waals surface area contributed by atoms with Gasteiger partial charge in [0, 0.05) is 22.8 Å². The number of hydrogen-bond acceptors (Lipinski definition) is 4. The van der Waals surface area contributed by atoms with Crippen LogP contribution in [0.25, 0.3) is 0 Å². The molecule has 2 N–H and O–H groups in total. The zero-order valence-corrected chi connectivity index (χ0v) is 19.2. The highest BCUT2D eigenvalue weighted by Gasteiger charge is 2.15. The smallest absolute Gasteiger partial charge is 0.251 e. The Balaban J connectivity index is 1.72. The number of carbonyl (C=O) groups excluding carboxylic acids is 2. The van der Waals surface area contributed by atoms with E-state index in [9.17, 15) is 9.59 Å². The van der Waals surface area contributed by atoms with E-state index in [0.717, 1.165) is 11.1 Å². The first-order chi connectivity index (χ1) is 14.8. The molecule has 0 saturated carbocycles. The highest BCUT2D eigenvalue weighted by Crippen LogP contribution is 2.22. The molecular formula is C22H24ClN5O2S. The molecular weight excluding hydrogens is 434 g/mol. The number of anilines is 1. The van der Waals surface area contributed by atoms with E-state index >= 15 is 0 Å². The number of nitrogens with one attached hydrogen (secondary N) is 2. The maximum atomic E-state index is 12.6. The number of rotatable bonds is 7. The van der Waals surface area contributed by atoms with E-state index in [1.165, 1.54) is 4.68 Å². The SMILES string of the molecule is CCn1c(CNC(=O)c2ccccc2C)nn(CC(=O)Nc2cccc(Cl)c2C)c1=S. The van der Waals surface area contributed by atoms with E-state index in [-0.39, 0.29) is 24.9 Å². The number of benzene rings is 2. The Morgan fingerprint density at radius 2 is 1.87 bits per heavy atom. The molecule has 1 heterocycles. The van der Waals surface area contributed by atoms with Gasteiger partial charge in [-0.25, -0.2) is 4.68 Å². The van der Waals surface area contributed by atoms with Crippen molar-refractivity contribution in [2.24, 2.45) is 0 Å². The number of aryl methyl sites for hydroxylation is 1. The van der Waals surface area contributed by atoms with Crippen molar-refractivity contribution in [3.8, 4) is 0 Å². The molecule has 9 heteroatoms. The van der Waals surface area contributed by atoms with Gasteiger partial charge in [-0.05, 0) is 62.3 Å². The quantitative estimate of drug-likeness (QED) is 0.519. The van der Waals surface area contributed by atoms with Crippen LogP contribution in [0.5, 0.6) is 0 Å². The van der Waals surface area contributed by atoms with Crippen LogP contribution in [0.15, 0.2) is 42.5 Å². The van der Waals surface area contributed by atoms with Gasteiger partial charge in [-0.15, -0.1) is 0 Å². The zero-order chi connectivity index (χ0) is 22.5. The average molecular weight is 458 g/mol. The highest BCUT2D eigenvalue weighted by molar-refractivity contribution is 7.71. The Labute approximate surface area is 191 Å². The molecule has 0 atom stereocenters. The molecule has 0 aliphatic carbocycles. The molecule has 2 amide bonds. The van der Waals surface area contributed by atoms with Crippen molar-refractivity contribution in [2.45, 2.75) is 40.4 Å². The van der Waals surface area contributed by atoms with E-state index in [1.54, 1.807) is 28.8 Å². The Kier molecular flexibility index (Phi) is 7.25. The molecule has 3 aromatic rings.